The fourth-order valence-electron chi connectivity index (χ4n) is 0.998. The zero-order valence-corrected chi connectivity index (χ0v) is 8.18. The van der Waals surface area contributed by atoms with Gasteiger partial charge in [0.05, 0.1) is 22.7 Å². The predicted octanol–water partition coefficient (Wildman–Crippen LogP) is 2.01. The summed E-state index contributed by atoms with van der Waals surface area (Å²) >= 11 is 11.6. The minimum Gasteiger partial charge on any atom is -0.394 e. The van der Waals surface area contributed by atoms with Crippen LogP contribution < -0.4 is 5.48 Å². The Morgan fingerprint density at radius 3 is 2.62 bits per heavy atom. The number of rotatable bonds is 3. The lowest BCUT2D eigenvalue weighted by atomic mass is 10.1. The smallest absolute Gasteiger partial charge is 0.0814 e. The SMILES string of the molecule is OC[C@H](NO)c1cccc(Cl)c1Cl. The second kappa shape index (κ2) is 4.79. The molecular weight excluding hydrogens is 213 g/mol. The molecule has 3 N–H and O–H groups in total. The lowest BCUT2D eigenvalue weighted by Gasteiger charge is -2.14. The Morgan fingerprint density at radius 2 is 2.08 bits per heavy atom. The third-order valence-corrected chi connectivity index (χ3v) is 2.53. The zero-order chi connectivity index (χ0) is 9.84. The molecule has 3 nitrogen and oxygen atoms in total. The van der Waals surface area contributed by atoms with E-state index < -0.39 is 6.04 Å². The van der Waals surface area contributed by atoms with Crippen molar-refractivity contribution in [3.05, 3.63) is 33.8 Å². The van der Waals surface area contributed by atoms with Crippen molar-refractivity contribution in [1.82, 2.24) is 5.48 Å². The fraction of sp³-hybridized carbons (Fsp3) is 0.250. The molecule has 0 radical (unpaired) electrons. The molecular formula is C8H9Cl2NO2. The topological polar surface area (TPSA) is 52.5 Å². The summed E-state index contributed by atoms with van der Waals surface area (Å²) in [6.45, 7) is -0.253. The van der Waals surface area contributed by atoms with Gasteiger partial charge in [0.2, 0.25) is 0 Å². The van der Waals surface area contributed by atoms with Gasteiger partial charge in [0, 0.05) is 0 Å². The van der Waals surface area contributed by atoms with Crippen LogP contribution in [-0.2, 0) is 0 Å². The summed E-state index contributed by atoms with van der Waals surface area (Å²) < 4.78 is 0. The van der Waals surface area contributed by atoms with Crippen molar-refractivity contribution in [2.75, 3.05) is 6.61 Å². The Hall–Kier alpha value is -0.320. The average molecular weight is 222 g/mol. The summed E-state index contributed by atoms with van der Waals surface area (Å²) in [5.74, 6) is 0. The van der Waals surface area contributed by atoms with Crippen molar-refractivity contribution in [1.29, 1.82) is 0 Å². The van der Waals surface area contributed by atoms with Gasteiger partial charge in [-0.2, -0.15) is 5.48 Å². The van der Waals surface area contributed by atoms with Gasteiger partial charge in [-0.3, -0.25) is 0 Å². The maximum absolute atomic E-state index is 8.87. The molecule has 0 unspecified atom stereocenters. The average Bonchev–Trinajstić information content (AvgIpc) is 2.14. The van der Waals surface area contributed by atoms with Crippen molar-refractivity contribution < 1.29 is 10.3 Å². The molecule has 5 heteroatoms. The Bertz CT molecular complexity index is 289. The van der Waals surface area contributed by atoms with Gasteiger partial charge >= 0.3 is 0 Å². The first kappa shape index (κ1) is 10.8. The largest absolute Gasteiger partial charge is 0.394 e. The van der Waals surface area contributed by atoms with Crippen LogP contribution >= 0.6 is 23.2 Å². The molecule has 72 valence electrons. The van der Waals surface area contributed by atoms with Crippen LogP contribution in [0.25, 0.3) is 0 Å². The van der Waals surface area contributed by atoms with Crippen molar-refractivity contribution in [3.63, 3.8) is 0 Å². The van der Waals surface area contributed by atoms with Crippen LogP contribution in [-0.4, -0.2) is 16.9 Å². The van der Waals surface area contributed by atoms with Gasteiger partial charge in [-0.1, -0.05) is 35.3 Å². The highest BCUT2D eigenvalue weighted by Gasteiger charge is 2.13. The first-order chi connectivity index (χ1) is 6.20. The molecule has 0 aliphatic heterocycles. The number of hydroxylamine groups is 1. The number of benzene rings is 1. The van der Waals surface area contributed by atoms with E-state index in [1.165, 1.54) is 0 Å². The monoisotopic (exact) mass is 221 g/mol. The summed E-state index contributed by atoms with van der Waals surface area (Å²) in [6.07, 6.45) is 0. The van der Waals surface area contributed by atoms with Crippen LogP contribution in [0.4, 0.5) is 0 Å². The Balaban J connectivity index is 3.05. The van der Waals surface area contributed by atoms with Gasteiger partial charge in [-0.25, -0.2) is 0 Å². The molecule has 0 spiro atoms. The Morgan fingerprint density at radius 1 is 1.38 bits per heavy atom. The van der Waals surface area contributed by atoms with Gasteiger partial charge in [-0.15, -0.1) is 0 Å². The van der Waals surface area contributed by atoms with E-state index in [-0.39, 0.29) is 6.61 Å². The first-order valence-corrected chi connectivity index (χ1v) is 4.40. The lowest BCUT2D eigenvalue weighted by Crippen LogP contribution is -2.20. The molecule has 0 aliphatic carbocycles. The van der Waals surface area contributed by atoms with Crippen LogP contribution in [0.5, 0.6) is 0 Å². The van der Waals surface area contributed by atoms with E-state index in [0.29, 0.717) is 15.6 Å². The standard InChI is InChI=1S/C8H9Cl2NO2/c9-6-3-1-2-5(8(6)10)7(4-12)11-13/h1-3,7,11-13H,4H2/t7-/m0/s1. The molecule has 0 amide bonds. The van der Waals surface area contributed by atoms with Crippen molar-refractivity contribution in [2.45, 2.75) is 6.04 Å². The van der Waals surface area contributed by atoms with Crippen molar-refractivity contribution in [2.24, 2.45) is 0 Å². The first-order valence-electron chi connectivity index (χ1n) is 3.65. The number of hydrogen-bond donors (Lipinski definition) is 3. The number of aliphatic hydroxyl groups excluding tert-OH is 1. The molecule has 0 heterocycles. The summed E-state index contributed by atoms with van der Waals surface area (Å²) in [7, 11) is 0. The third-order valence-electron chi connectivity index (χ3n) is 1.70. The molecule has 1 aromatic rings. The number of aliphatic hydroxyl groups is 1. The normalized spacial score (nSPS) is 12.9. The molecule has 1 aromatic carbocycles. The highest BCUT2D eigenvalue weighted by atomic mass is 35.5. The molecule has 0 aliphatic rings. The van der Waals surface area contributed by atoms with Crippen molar-refractivity contribution in [3.8, 4) is 0 Å². The molecule has 0 fully saturated rings. The lowest BCUT2D eigenvalue weighted by molar-refractivity contribution is 0.0906. The zero-order valence-electron chi connectivity index (χ0n) is 6.67. The van der Waals surface area contributed by atoms with Crippen LogP contribution in [0.15, 0.2) is 18.2 Å². The quantitative estimate of drug-likeness (QED) is 0.685. The Kier molecular flexibility index (Phi) is 3.96. The third kappa shape index (κ3) is 2.33. The van der Waals surface area contributed by atoms with Crippen LogP contribution in [0.1, 0.15) is 11.6 Å². The Labute approximate surface area is 85.9 Å². The maximum atomic E-state index is 8.87. The molecule has 1 atom stereocenters. The molecule has 1 rings (SSSR count). The van der Waals surface area contributed by atoms with E-state index in [4.69, 9.17) is 33.5 Å². The fourth-order valence-corrected chi connectivity index (χ4v) is 1.44. The van der Waals surface area contributed by atoms with Gasteiger partial charge < -0.3 is 10.3 Å². The highest BCUT2D eigenvalue weighted by molar-refractivity contribution is 6.42. The minimum atomic E-state index is -0.605. The van der Waals surface area contributed by atoms with Crippen LogP contribution in [0.3, 0.4) is 0 Å². The summed E-state index contributed by atoms with van der Waals surface area (Å²) in [5, 5.41) is 18.3. The molecule has 0 aromatic heterocycles. The highest BCUT2D eigenvalue weighted by Crippen LogP contribution is 2.29. The number of hydrogen-bond acceptors (Lipinski definition) is 3. The predicted molar refractivity (Wildman–Crippen MR) is 51.2 cm³/mol. The van der Waals surface area contributed by atoms with E-state index in [2.05, 4.69) is 0 Å². The molecule has 0 saturated heterocycles. The maximum Gasteiger partial charge on any atom is 0.0814 e. The van der Waals surface area contributed by atoms with E-state index in [1.807, 2.05) is 5.48 Å². The second-order valence-electron chi connectivity index (χ2n) is 2.51. The molecule has 0 bridgehead atoms. The summed E-state index contributed by atoms with van der Waals surface area (Å²) in [4.78, 5) is 0. The van der Waals surface area contributed by atoms with Gasteiger partial charge in [0.15, 0.2) is 0 Å². The summed E-state index contributed by atoms with van der Waals surface area (Å²) in [5.41, 5.74) is 2.51. The number of halogens is 2. The van der Waals surface area contributed by atoms with Gasteiger partial charge in [-0.05, 0) is 11.6 Å². The minimum absolute atomic E-state index is 0.253. The van der Waals surface area contributed by atoms with E-state index in [0.717, 1.165) is 0 Å². The second-order valence-corrected chi connectivity index (χ2v) is 3.29. The van der Waals surface area contributed by atoms with E-state index in [9.17, 15) is 0 Å². The van der Waals surface area contributed by atoms with Gasteiger partial charge in [0.25, 0.3) is 0 Å². The number of nitrogens with one attached hydrogen (secondary N) is 1. The van der Waals surface area contributed by atoms with E-state index in [1.54, 1.807) is 18.2 Å². The molecule has 0 saturated carbocycles. The summed E-state index contributed by atoms with van der Waals surface area (Å²) in [6, 6.07) is 4.41. The van der Waals surface area contributed by atoms with Gasteiger partial charge in [0.1, 0.15) is 0 Å². The van der Waals surface area contributed by atoms with Crippen LogP contribution in [0.2, 0.25) is 10.0 Å². The van der Waals surface area contributed by atoms with E-state index >= 15 is 0 Å². The molecule has 13 heavy (non-hydrogen) atoms. The van der Waals surface area contributed by atoms with Crippen LogP contribution in [0, 0.1) is 0 Å². The van der Waals surface area contributed by atoms with Crippen molar-refractivity contribution >= 4 is 23.2 Å².